The van der Waals surface area contributed by atoms with Crippen LogP contribution in [0.4, 0.5) is 0 Å². The van der Waals surface area contributed by atoms with Crippen LogP contribution in [-0.2, 0) is 11.2 Å². The average Bonchev–Trinajstić information content (AvgIpc) is 2.61. The highest BCUT2D eigenvalue weighted by atomic mass is 16.5. The molecular weight excluding hydrogens is 204 g/mol. The first-order chi connectivity index (χ1) is 7.58. The summed E-state index contributed by atoms with van der Waals surface area (Å²) < 4.78 is 10.8. The molecule has 0 N–H and O–H groups in total. The van der Waals surface area contributed by atoms with Crippen molar-refractivity contribution in [3.8, 4) is 11.5 Å². The third-order valence-electron chi connectivity index (χ3n) is 2.55. The first-order valence-corrected chi connectivity index (χ1v) is 5.20. The van der Waals surface area contributed by atoms with Gasteiger partial charge in [-0.2, -0.15) is 0 Å². The fourth-order valence-electron chi connectivity index (χ4n) is 1.76. The Hall–Kier alpha value is -1.77. The van der Waals surface area contributed by atoms with Gasteiger partial charge in [-0.3, -0.25) is 4.79 Å². The zero-order valence-electron chi connectivity index (χ0n) is 9.45. The molecule has 0 unspecified atom stereocenters. The van der Waals surface area contributed by atoms with Gasteiger partial charge in [0.25, 0.3) is 0 Å². The second-order valence-electron chi connectivity index (χ2n) is 3.98. The lowest BCUT2D eigenvalue weighted by molar-refractivity contribution is -0.131. The SMILES string of the molecule is C=C(C)[C@@H]1Cc2c(OC(C)=O)cccc2O1. The molecular formula is C13H14O3. The third-order valence-corrected chi connectivity index (χ3v) is 2.55. The van der Waals surface area contributed by atoms with Crippen LogP contribution in [0.3, 0.4) is 0 Å². The Morgan fingerprint density at radius 3 is 2.88 bits per heavy atom. The number of benzene rings is 1. The molecule has 0 amide bonds. The second kappa shape index (κ2) is 4.00. The Labute approximate surface area is 94.7 Å². The van der Waals surface area contributed by atoms with E-state index in [1.807, 2.05) is 19.1 Å². The topological polar surface area (TPSA) is 35.5 Å². The van der Waals surface area contributed by atoms with Crippen LogP contribution in [0.5, 0.6) is 11.5 Å². The van der Waals surface area contributed by atoms with Gasteiger partial charge in [-0.05, 0) is 24.6 Å². The van der Waals surface area contributed by atoms with Crippen molar-refractivity contribution < 1.29 is 14.3 Å². The van der Waals surface area contributed by atoms with Crippen LogP contribution in [0.1, 0.15) is 19.4 Å². The van der Waals surface area contributed by atoms with Crippen LogP contribution in [0, 0.1) is 0 Å². The monoisotopic (exact) mass is 218 g/mol. The van der Waals surface area contributed by atoms with Gasteiger partial charge < -0.3 is 9.47 Å². The van der Waals surface area contributed by atoms with Crippen LogP contribution in [-0.4, -0.2) is 12.1 Å². The summed E-state index contributed by atoms with van der Waals surface area (Å²) in [5.74, 6) is 1.06. The molecule has 16 heavy (non-hydrogen) atoms. The molecule has 1 aromatic carbocycles. The highest BCUT2D eigenvalue weighted by Crippen LogP contribution is 2.37. The number of fused-ring (bicyclic) bond motifs is 1. The van der Waals surface area contributed by atoms with Crippen molar-refractivity contribution in [3.63, 3.8) is 0 Å². The van der Waals surface area contributed by atoms with E-state index >= 15 is 0 Å². The van der Waals surface area contributed by atoms with Gasteiger partial charge in [-0.1, -0.05) is 12.6 Å². The molecule has 0 radical (unpaired) electrons. The van der Waals surface area contributed by atoms with Crippen molar-refractivity contribution in [2.45, 2.75) is 26.4 Å². The molecule has 0 aliphatic carbocycles. The van der Waals surface area contributed by atoms with Gasteiger partial charge >= 0.3 is 5.97 Å². The molecule has 2 rings (SSSR count). The Bertz CT molecular complexity index is 448. The molecule has 1 aromatic rings. The summed E-state index contributed by atoms with van der Waals surface area (Å²) in [6, 6.07) is 5.48. The molecule has 1 aliphatic rings. The Balaban J connectivity index is 2.30. The number of rotatable bonds is 2. The van der Waals surface area contributed by atoms with E-state index in [9.17, 15) is 4.79 Å². The summed E-state index contributed by atoms with van der Waals surface area (Å²) in [5.41, 5.74) is 1.93. The zero-order valence-corrected chi connectivity index (χ0v) is 9.45. The molecule has 84 valence electrons. The van der Waals surface area contributed by atoms with E-state index in [0.717, 1.165) is 16.9 Å². The molecule has 0 fully saturated rings. The van der Waals surface area contributed by atoms with Crippen LogP contribution < -0.4 is 9.47 Å². The van der Waals surface area contributed by atoms with Crippen molar-refractivity contribution in [3.05, 3.63) is 35.9 Å². The predicted molar refractivity (Wildman–Crippen MR) is 60.7 cm³/mol. The third kappa shape index (κ3) is 1.94. The number of hydrogen-bond acceptors (Lipinski definition) is 3. The molecule has 0 saturated carbocycles. The zero-order chi connectivity index (χ0) is 11.7. The lowest BCUT2D eigenvalue weighted by Gasteiger charge is -2.08. The molecule has 0 bridgehead atoms. The number of esters is 1. The van der Waals surface area contributed by atoms with E-state index in [1.165, 1.54) is 6.92 Å². The number of hydrogen-bond donors (Lipinski definition) is 0. The molecule has 1 heterocycles. The van der Waals surface area contributed by atoms with E-state index in [0.29, 0.717) is 12.2 Å². The maximum absolute atomic E-state index is 10.9. The summed E-state index contributed by atoms with van der Waals surface area (Å²) in [6.07, 6.45) is 0.709. The fourth-order valence-corrected chi connectivity index (χ4v) is 1.76. The smallest absolute Gasteiger partial charge is 0.308 e. The van der Waals surface area contributed by atoms with Gasteiger partial charge in [0, 0.05) is 18.9 Å². The minimum Gasteiger partial charge on any atom is -0.485 e. The van der Waals surface area contributed by atoms with Crippen molar-refractivity contribution in [2.75, 3.05) is 0 Å². The summed E-state index contributed by atoms with van der Waals surface area (Å²) in [5, 5.41) is 0. The van der Waals surface area contributed by atoms with E-state index in [-0.39, 0.29) is 12.1 Å². The summed E-state index contributed by atoms with van der Waals surface area (Å²) in [4.78, 5) is 10.9. The standard InChI is InChI=1S/C13H14O3/c1-8(2)13-7-10-11(15-9(3)14)5-4-6-12(10)16-13/h4-6,13H,1,7H2,2-3H3/t13-/m0/s1. The number of carbonyl (C=O) groups excluding carboxylic acids is 1. The quantitative estimate of drug-likeness (QED) is 0.434. The van der Waals surface area contributed by atoms with Gasteiger partial charge in [0.1, 0.15) is 17.6 Å². The van der Waals surface area contributed by atoms with E-state index < -0.39 is 0 Å². The maximum atomic E-state index is 10.9. The minimum absolute atomic E-state index is 0.00768. The molecule has 1 atom stereocenters. The van der Waals surface area contributed by atoms with Crippen molar-refractivity contribution in [2.24, 2.45) is 0 Å². The van der Waals surface area contributed by atoms with Crippen molar-refractivity contribution in [1.29, 1.82) is 0 Å². The average molecular weight is 218 g/mol. The van der Waals surface area contributed by atoms with E-state index in [1.54, 1.807) is 6.07 Å². The fraction of sp³-hybridized carbons (Fsp3) is 0.308. The van der Waals surface area contributed by atoms with Crippen LogP contribution in [0.2, 0.25) is 0 Å². The van der Waals surface area contributed by atoms with Crippen molar-refractivity contribution in [1.82, 2.24) is 0 Å². The van der Waals surface area contributed by atoms with Crippen molar-refractivity contribution >= 4 is 5.97 Å². The van der Waals surface area contributed by atoms with Gasteiger partial charge in [-0.15, -0.1) is 0 Å². The molecule has 0 aromatic heterocycles. The van der Waals surface area contributed by atoms with E-state index in [2.05, 4.69) is 6.58 Å². The second-order valence-corrected chi connectivity index (χ2v) is 3.98. The Kier molecular flexibility index (Phi) is 2.69. The predicted octanol–water partition coefficient (Wildman–Crippen LogP) is 2.49. The Morgan fingerprint density at radius 2 is 2.25 bits per heavy atom. The van der Waals surface area contributed by atoms with Crippen LogP contribution in [0.25, 0.3) is 0 Å². The molecule has 0 saturated heterocycles. The summed E-state index contributed by atoms with van der Waals surface area (Å²) >= 11 is 0. The summed E-state index contributed by atoms with van der Waals surface area (Å²) in [6.45, 7) is 7.20. The van der Waals surface area contributed by atoms with Crippen LogP contribution >= 0.6 is 0 Å². The van der Waals surface area contributed by atoms with Gasteiger partial charge in [0.15, 0.2) is 0 Å². The normalized spacial score (nSPS) is 17.5. The highest BCUT2D eigenvalue weighted by Gasteiger charge is 2.26. The maximum Gasteiger partial charge on any atom is 0.308 e. The molecule has 0 spiro atoms. The molecule has 1 aliphatic heterocycles. The highest BCUT2D eigenvalue weighted by molar-refractivity contribution is 5.70. The molecule has 3 nitrogen and oxygen atoms in total. The van der Waals surface area contributed by atoms with Gasteiger partial charge in [-0.25, -0.2) is 0 Å². The van der Waals surface area contributed by atoms with E-state index in [4.69, 9.17) is 9.47 Å². The van der Waals surface area contributed by atoms with Gasteiger partial charge in [0.2, 0.25) is 0 Å². The minimum atomic E-state index is -0.313. The Morgan fingerprint density at radius 1 is 1.50 bits per heavy atom. The van der Waals surface area contributed by atoms with Gasteiger partial charge in [0.05, 0.1) is 0 Å². The first-order valence-electron chi connectivity index (χ1n) is 5.20. The lowest BCUT2D eigenvalue weighted by atomic mass is 10.1. The number of ether oxygens (including phenoxy) is 2. The first kappa shape index (κ1) is 10.7. The number of carbonyl (C=O) groups is 1. The molecule has 3 heteroatoms. The largest absolute Gasteiger partial charge is 0.485 e. The lowest BCUT2D eigenvalue weighted by Crippen LogP contribution is -2.13. The van der Waals surface area contributed by atoms with Crippen LogP contribution in [0.15, 0.2) is 30.4 Å². The summed E-state index contributed by atoms with van der Waals surface area (Å²) in [7, 11) is 0.